The van der Waals surface area contributed by atoms with E-state index in [1.54, 1.807) is 0 Å². The van der Waals surface area contributed by atoms with Gasteiger partial charge in [0.05, 0.1) is 17.4 Å². The molecule has 0 bridgehead atoms. The van der Waals surface area contributed by atoms with Crippen molar-refractivity contribution in [3.63, 3.8) is 0 Å². The van der Waals surface area contributed by atoms with Gasteiger partial charge >= 0.3 is 0 Å². The zero-order valence-corrected chi connectivity index (χ0v) is 11.0. The fourth-order valence-corrected chi connectivity index (χ4v) is 1.87. The monoisotopic (exact) mass is 248 g/mol. The van der Waals surface area contributed by atoms with Crippen molar-refractivity contribution in [2.75, 3.05) is 0 Å². The molecule has 0 amide bonds. The summed E-state index contributed by atoms with van der Waals surface area (Å²) >= 11 is 0. The van der Waals surface area contributed by atoms with Gasteiger partial charge in [0, 0.05) is 11.8 Å². The summed E-state index contributed by atoms with van der Waals surface area (Å²) in [6.45, 7) is 1.96. The number of nitrogens with zero attached hydrogens (tertiary/aromatic N) is 2. The lowest BCUT2D eigenvalue weighted by atomic mass is 10.1. The summed E-state index contributed by atoms with van der Waals surface area (Å²) in [5.41, 5.74) is 2.57. The van der Waals surface area contributed by atoms with Gasteiger partial charge in [-0.1, -0.05) is 30.2 Å². The molecule has 0 saturated heterocycles. The van der Waals surface area contributed by atoms with E-state index < -0.39 is 0 Å². The van der Waals surface area contributed by atoms with E-state index in [-0.39, 0.29) is 6.04 Å². The van der Waals surface area contributed by atoms with Crippen molar-refractivity contribution >= 4 is 11.8 Å². The Balaban J connectivity index is 2.31. The largest absolute Gasteiger partial charge is 0.283 e. The molecule has 2 rings (SSSR count). The fourth-order valence-electron chi connectivity index (χ4n) is 1.87. The first-order chi connectivity index (χ1) is 9.35. The van der Waals surface area contributed by atoms with Crippen LogP contribution < -0.4 is 0 Å². The number of allylic oxidation sites excluding steroid dienone is 5. The van der Waals surface area contributed by atoms with Gasteiger partial charge in [-0.05, 0) is 37.6 Å². The Morgan fingerprint density at radius 1 is 1.47 bits per heavy atom. The Kier molecular flexibility index (Phi) is 4.47. The minimum absolute atomic E-state index is 0.102. The van der Waals surface area contributed by atoms with Gasteiger partial charge in [0.2, 0.25) is 0 Å². The normalized spacial score (nSPS) is 18.7. The summed E-state index contributed by atoms with van der Waals surface area (Å²) in [5, 5.41) is 0. The van der Waals surface area contributed by atoms with Gasteiger partial charge in [0.1, 0.15) is 0 Å². The van der Waals surface area contributed by atoms with Gasteiger partial charge in [-0.25, -0.2) is 4.98 Å². The summed E-state index contributed by atoms with van der Waals surface area (Å²) in [4.78, 5) is 9.06. The standard InChI is InChI=1S/C17H16N2/c1-3-5-9-14(4-2)15-11-8-12-17(19-15)16-10-6-7-13-18-16/h2-3,5-9,11-13,16H,10H2,1H3/b5-3-,14-9+. The first kappa shape index (κ1) is 13.0. The van der Waals surface area contributed by atoms with Crippen LogP contribution in [0.3, 0.4) is 0 Å². The van der Waals surface area contributed by atoms with Crippen LogP contribution in [-0.4, -0.2) is 11.2 Å². The van der Waals surface area contributed by atoms with Crippen molar-refractivity contribution in [2.45, 2.75) is 19.4 Å². The van der Waals surface area contributed by atoms with Gasteiger partial charge in [0.25, 0.3) is 0 Å². The van der Waals surface area contributed by atoms with Crippen LogP contribution in [0.4, 0.5) is 0 Å². The van der Waals surface area contributed by atoms with E-state index in [4.69, 9.17) is 6.42 Å². The third kappa shape index (κ3) is 3.29. The summed E-state index contributed by atoms with van der Waals surface area (Å²) in [5.74, 6) is 2.68. The average molecular weight is 248 g/mol. The molecular formula is C17H16N2. The molecule has 1 aromatic rings. The molecule has 1 aliphatic rings. The molecule has 94 valence electrons. The molecule has 19 heavy (non-hydrogen) atoms. The summed E-state index contributed by atoms with van der Waals surface area (Å²) in [6.07, 6.45) is 18.1. The van der Waals surface area contributed by atoms with Crippen LogP contribution >= 0.6 is 0 Å². The van der Waals surface area contributed by atoms with Gasteiger partial charge < -0.3 is 0 Å². The number of aliphatic imine (C=N–C) groups is 1. The van der Waals surface area contributed by atoms with E-state index in [1.165, 1.54) is 0 Å². The lowest BCUT2D eigenvalue weighted by Crippen LogP contribution is -2.02. The van der Waals surface area contributed by atoms with Crippen LogP contribution in [0.2, 0.25) is 0 Å². The zero-order valence-electron chi connectivity index (χ0n) is 11.0. The van der Waals surface area contributed by atoms with Gasteiger partial charge in [-0.15, -0.1) is 6.42 Å². The van der Waals surface area contributed by atoms with Crippen molar-refractivity contribution < 1.29 is 0 Å². The predicted molar refractivity (Wildman–Crippen MR) is 80.9 cm³/mol. The number of hydrogen-bond donors (Lipinski definition) is 0. The lowest BCUT2D eigenvalue weighted by molar-refractivity contribution is 0.712. The van der Waals surface area contributed by atoms with Crippen molar-refractivity contribution in [1.29, 1.82) is 0 Å². The Labute approximate surface area is 114 Å². The van der Waals surface area contributed by atoms with Crippen molar-refractivity contribution in [3.05, 3.63) is 60.0 Å². The van der Waals surface area contributed by atoms with E-state index in [0.29, 0.717) is 0 Å². The minimum Gasteiger partial charge on any atom is -0.283 e. The van der Waals surface area contributed by atoms with Gasteiger partial charge in [-0.3, -0.25) is 4.99 Å². The third-order valence-corrected chi connectivity index (χ3v) is 2.85. The highest BCUT2D eigenvalue weighted by Gasteiger charge is 2.12. The highest BCUT2D eigenvalue weighted by Crippen LogP contribution is 2.23. The highest BCUT2D eigenvalue weighted by molar-refractivity contribution is 5.77. The molecule has 0 saturated carbocycles. The SMILES string of the molecule is C#C/C(=C\C=C/C)c1cccc(C2CC=CC=N2)n1. The van der Waals surface area contributed by atoms with Crippen molar-refractivity contribution in [1.82, 2.24) is 4.98 Å². The quantitative estimate of drug-likeness (QED) is 0.591. The topological polar surface area (TPSA) is 25.2 Å². The molecule has 0 aromatic carbocycles. The molecule has 1 aromatic heterocycles. The number of pyridine rings is 1. The number of hydrogen-bond acceptors (Lipinski definition) is 2. The molecule has 2 heteroatoms. The average Bonchev–Trinajstić information content (AvgIpc) is 2.49. The lowest BCUT2D eigenvalue weighted by Gasteiger charge is -2.12. The Bertz CT molecular complexity index is 598. The second kappa shape index (κ2) is 6.51. The van der Waals surface area contributed by atoms with E-state index >= 15 is 0 Å². The van der Waals surface area contributed by atoms with Crippen LogP contribution in [0.25, 0.3) is 5.57 Å². The molecule has 2 heterocycles. The number of dihydropyridines is 1. The third-order valence-electron chi connectivity index (χ3n) is 2.85. The van der Waals surface area contributed by atoms with E-state index in [0.717, 1.165) is 23.4 Å². The number of aromatic nitrogens is 1. The summed E-state index contributed by atoms with van der Waals surface area (Å²) in [7, 11) is 0. The van der Waals surface area contributed by atoms with Crippen LogP contribution in [0.5, 0.6) is 0 Å². The predicted octanol–water partition coefficient (Wildman–Crippen LogP) is 3.75. The number of rotatable bonds is 3. The van der Waals surface area contributed by atoms with Gasteiger partial charge in [0.15, 0.2) is 0 Å². The van der Waals surface area contributed by atoms with Crippen LogP contribution in [-0.2, 0) is 0 Å². The zero-order chi connectivity index (χ0) is 13.5. The van der Waals surface area contributed by atoms with Crippen LogP contribution in [0.15, 0.2) is 53.6 Å². The molecule has 0 radical (unpaired) electrons. The molecule has 0 spiro atoms. The number of terminal acetylenes is 1. The molecule has 2 nitrogen and oxygen atoms in total. The van der Waals surface area contributed by atoms with E-state index in [1.807, 2.05) is 55.6 Å². The second-order valence-corrected chi connectivity index (χ2v) is 4.18. The molecule has 0 aliphatic carbocycles. The smallest absolute Gasteiger partial charge is 0.0954 e. The fraction of sp³-hybridized carbons (Fsp3) is 0.176. The molecule has 1 unspecified atom stereocenters. The van der Waals surface area contributed by atoms with Crippen molar-refractivity contribution in [3.8, 4) is 12.3 Å². The second-order valence-electron chi connectivity index (χ2n) is 4.18. The Morgan fingerprint density at radius 3 is 3.05 bits per heavy atom. The Hall–Kier alpha value is -2.40. The molecule has 0 fully saturated rings. The van der Waals surface area contributed by atoms with E-state index in [9.17, 15) is 0 Å². The summed E-state index contributed by atoms with van der Waals surface area (Å²) in [6, 6.07) is 6.01. The molecule has 1 aliphatic heterocycles. The Morgan fingerprint density at radius 2 is 2.37 bits per heavy atom. The maximum Gasteiger partial charge on any atom is 0.0954 e. The van der Waals surface area contributed by atoms with E-state index in [2.05, 4.69) is 22.0 Å². The van der Waals surface area contributed by atoms with Crippen molar-refractivity contribution in [2.24, 2.45) is 4.99 Å². The molecular weight excluding hydrogens is 232 g/mol. The molecule has 0 N–H and O–H groups in total. The highest BCUT2D eigenvalue weighted by atomic mass is 14.8. The van der Waals surface area contributed by atoms with Gasteiger partial charge in [-0.2, -0.15) is 0 Å². The maximum atomic E-state index is 5.54. The summed E-state index contributed by atoms with van der Waals surface area (Å²) < 4.78 is 0. The first-order valence-electron chi connectivity index (χ1n) is 6.30. The van der Waals surface area contributed by atoms with Crippen LogP contribution in [0, 0.1) is 12.3 Å². The maximum absolute atomic E-state index is 5.54. The van der Waals surface area contributed by atoms with Crippen LogP contribution in [0.1, 0.15) is 30.8 Å². The minimum atomic E-state index is 0.102. The first-order valence-corrected chi connectivity index (χ1v) is 6.30. The molecule has 1 atom stereocenters.